The lowest BCUT2D eigenvalue weighted by atomic mass is 9.87. The number of hydrogen-bond donors (Lipinski definition) is 2. The Hall–Kier alpha value is -3.15. The Morgan fingerprint density at radius 3 is 2.44 bits per heavy atom. The predicted octanol–water partition coefficient (Wildman–Crippen LogP) is 3.36. The minimum absolute atomic E-state index is 0.277. The molecule has 1 fully saturated rings. The Morgan fingerprint density at radius 1 is 0.926 bits per heavy atom. The van der Waals surface area contributed by atoms with E-state index in [1.807, 2.05) is 18.2 Å². The molecule has 1 aliphatic heterocycles. The average Bonchev–Trinajstić information content (AvgIpc) is 2.67. The second kappa shape index (κ2) is 7.23. The summed E-state index contributed by atoms with van der Waals surface area (Å²) < 4.78 is 0. The Bertz CT molecular complexity index is 894. The molecule has 6 heteroatoms. The van der Waals surface area contributed by atoms with E-state index < -0.39 is 5.66 Å². The third kappa shape index (κ3) is 3.56. The fourth-order valence-corrected chi connectivity index (χ4v) is 3.93. The lowest BCUT2D eigenvalue weighted by Crippen LogP contribution is -2.58. The van der Waals surface area contributed by atoms with Gasteiger partial charge >= 0.3 is 0 Å². The van der Waals surface area contributed by atoms with Crippen LogP contribution in [0.15, 0.2) is 58.8 Å². The number of benzene rings is 1. The van der Waals surface area contributed by atoms with Crippen molar-refractivity contribution in [2.75, 3.05) is 4.90 Å². The number of rotatable bonds is 3. The van der Waals surface area contributed by atoms with E-state index in [4.69, 9.17) is 16.5 Å². The first-order valence-corrected chi connectivity index (χ1v) is 9.34. The number of guanidine groups is 2. The maximum atomic E-state index is 6.31. The number of aromatic nitrogens is 1. The molecular formula is C21H24N6. The number of nitrogens with zero attached hydrogens (tertiary/aromatic N) is 4. The highest BCUT2D eigenvalue weighted by atomic mass is 15.4. The van der Waals surface area contributed by atoms with Gasteiger partial charge in [-0.05, 0) is 61.1 Å². The summed E-state index contributed by atoms with van der Waals surface area (Å²) in [4.78, 5) is 15.1. The number of anilines is 1. The molecule has 4 N–H and O–H groups in total. The van der Waals surface area contributed by atoms with Gasteiger partial charge < -0.3 is 11.5 Å². The summed E-state index contributed by atoms with van der Waals surface area (Å²) in [5.74, 6) is 0.694. The number of hydrogen-bond acceptors (Lipinski definition) is 6. The monoisotopic (exact) mass is 360 g/mol. The first-order valence-electron chi connectivity index (χ1n) is 9.34. The van der Waals surface area contributed by atoms with E-state index in [0.717, 1.165) is 42.5 Å². The van der Waals surface area contributed by atoms with Gasteiger partial charge in [-0.3, -0.25) is 9.88 Å². The fourth-order valence-electron chi connectivity index (χ4n) is 3.93. The largest absolute Gasteiger partial charge is 0.369 e. The van der Waals surface area contributed by atoms with Crippen LogP contribution in [0.1, 0.15) is 43.2 Å². The molecule has 4 rings (SSSR count). The van der Waals surface area contributed by atoms with Crippen molar-refractivity contribution < 1.29 is 0 Å². The zero-order valence-electron chi connectivity index (χ0n) is 15.3. The standard InChI is InChI=1S/C21H24N6/c22-19-25-20(23)27(21(26-19)11-2-1-3-12-21)18-6-4-5-17(15-18)8-7-16-9-13-24-14-10-16/h4-10,13-15H,1-3,11-12H2,(H4,22,23,25,26). The molecule has 0 atom stereocenters. The highest BCUT2D eigenvalue weighted by Gasteiger charge is 2.42. The number of pyridine rings is 1. The summed E-state index contributed by atoms with van der Waals surface area (Å²) in [5, 5.41) is 0. The van der Waals surface area contributed by atoms with E-state index in [9.17, 15) is 0 Å². The van der Waals surface area contributed by atoms with Gasteiger partial charge in [0.15, 0.2) is 0 Å². The normalized spacial score (nSPS) is 19.2. The molecule has 138 valence electrons. The minimum atomic E-state index is -0.415. The molecule has 0 bridgehead atoms. The lowest BCUT2D eigenvalue weighted by molar-refractivity contribution is 0.305. The summed E-state index contributed by atoms with van der Waals surface area (Å²) >= 11 is 0. The van der Waals surface area contributed by atoms with Gasteiger partial charge in [-0.1, -0.05) is 30.7 Å². The molecule has 1 aromatic heterocycles. The highest BCUT2D eigenvalue weighted by Crippen LogP contribution is 2.39. The Morgan fingerprint density at radius 2 is 1.67 bits per heavy atom. The van der Waals surface area contributed by atoms with Gasteiger partial charge in [0.05, 0.1) is 0 Å². The summed E-state index contributed by atoms with van der Waals surface area (Å²) in [6.45, 7) is 0. The highest BCUT2D eigenvalue weighted by molar-refractivity contribution is 6.05. The third-order valence-corrected chi connectivity index (χ3v) is 5.15. The number of aliphatic imine (C=N–C) groups is 2. The van der Waals surface area contributed by atoms with E-state index in [1.54, 1.807) is 12.4 Å². The molecule has 6 nitrogen and oxygen atoms in total. The van der Waals surface area contributed by atoms with Crippen molar-refractivity contribution >= 4 is 29.8 Å². The van der Waals surface area contributed by atoms with Crippen LogP contribution in [0.3, 0.4) is 0 Å². The molecule has 1 aliphatic carbocycles. The molecule has 1 spiro atoms. The van der Waals surface area contributed by atoms with Gasteiger partial charge in [-0.15, -0.1) is 0 Å². The second-order valence-corrected chi connectivity index (χ2v) is 7.03. The van der Waals surface area contributed by atoms with Gasteiger partial charge in [0.25, 0.3) is 0 Å². The van der Waals surface area contributed by atoms with Gasteiger partial charge in [-0.25, -0.2) is 4.99 Å². The smallest absolute Gasteiger partial charge is 0.220 e. The molecule has 1 saturated carbocycles. The Kier molecular flexibility index (Phi) is 4.62. The quantitative estimate of drug-likeness (QED) is 0.878. The molecular weight excluding hydrogens is 336 g/mol. The maximum absolute atomic E-state index is 6.31. The molecule has 2 aliphatic rings. The minimum Gasteiger partial charge on any atom is -0.369 e. The predicted molar refractivity (Wildman–Crippen MR) is 111 cm³/mol. The Labute approximate surface area is 159 Å². The van der Waals surface area contributed by atoms with Gasteiger partial charge in [0, 0.05) is 18.1 Å². The first kappa shape index (κ1) is 17.3. The molecule has 27 heavy (non-hydrogen) atoms. The van der Waals surface area contributed by atoms with Crippen molar-refractivity contribution in [2.24, 2.45) is 21.5 Å². The summed E-state index contributed by atoms with van der Waals surface area (Å²) in [6, 6.07) is 12.2. The van der Waals surface area contributed by atoms with E-state index in [2.05, 4.69) is 45.2 Å². The van der Waals surface area contributed by atoms with Crippen LogP contribution < -0.4 is 16.4 Å². The van der Waals surface area contributed by atoms with Crippen molar-refractivity contribution in [1.29, 1.82) is 0 Å². The van der Waals surface area contributed by atoms with E-state index >= 15 is 0 Å². The van der Waals surface area contributed by atoms with Crippen molar-refractivity contribution in [3.63, 3.8) is 0 Å². The van der Waals surface area contributed by atoms with Crippen molar-refractivity contribution in [3.05, 3.63) is 59.9 Å². The van der Waals surface area contributed by atoms with Crippen LogP contribution in [0.2, 0.25) is 0 Å². The van der Waals surface area contributed by atoms with Gasteiger partial charge in [0.2, 0.25) is 11.9 Å². The SMILES string of the molecule is NC1=NC2(CCCCC2)N(c2cccc(C=Cc3ccncc3)c2)C(N)=N1. The average molecular weight is 360 g/mol. The fraction of sp³-hybridized carbons (Fsp3) is 0.286. The van der Waals surface area contributed by atoms with Gasteiger partial charge in [0.1, 0.15) is 5.66 Å². The molecule has 0 saturated heterocycles. The van der Waals surface area contributed by atoms with Crippen molar-refractivity contribution in [2.45, 2.75) is 37.8 Å². The van der Waals surface area contributed by atoms with Crippen molar-refractivity contribution in [1.82, 2.24) is 4.98 Å². The molecule has 2 aromatic rings. The van der Waals surface area contributed by atoms with Crippen LogP contribution in [0, 0.1) is 0 Å². The Balaban J connectivity index is 1.67. The zero-order chi connectivity index (χ0) is 18.7. The molecule has 0 radical (unpaired) electrons. The molecule has 0 unspecified atom stereocenters. The second-order valence-electron chi connectivity index (χ2n) is 7.03. The summed E-state index contributed by atoms with van der Waals surface area (Å²) in [5.41, 5.74) is 15.0. The summed E-state index contributed by atoms with van der Waals surface area (Å²) in [6.07, 6.45) is 13.0. The molecule has 0 amide bonds. The summed E-state index contributed by atoms with van der Waals surface area (Å²) in [7, 11) is 0. The third-order valence-electron chi connectivity index (χ3n) is 5.15. The molecule has 2 heterocycles. The number of nitrogens with two attached hydrogens (primary N) is 2. The zero-order valence-corrected chi connectivity index (χ0v) is 15.3. The van der Waals surface area contributed by atoms with E-state index in [-0.39, 0.29) is 5.96 Å². The lowest BCUT2D eigenvalue weighted by Gasteiger charge is -2.45. The molecule has 1 aromatic carbocycles. The maximum Gasteiger partial charge on any atom is 0.220 e. The van der Waals surface area contributed by atoms with Crippen molar-refractivity contribution in [3.8, 4) is 0 Å². The van der Waals surface area contributed by atoms with E-state index in [0.29, 0.717) is 5.96 Å². The van der Waals surface area contributed by atoms with Crippen LogP contribution in [-0.2, 0) is 0 Å². The van der Waals surface area contributed by atoms with Crippen LogP contribution in [0.5, 0.6) is 0 Å². The first-order chi connectivity index (χ1) is 13.2. The topological polar surface area (TPSA) is 92.9 Å². The van der Waals surface area contributed by atoms with Crippen LogP contribution in [0.4, 0.5) is 5.69 Å². The van der Waals surface area contributed by atoms with E-state index in [1.165, 1.54) is 6.42 Å². The van der Waals surface area contributed by atoms with Crippen LogP contribution >= 0.6 is 0 Å². The van der Waals surface area contributed by atoms with Gasteiger partial charge in [-0.2, -0.15) is 4.99 Å². The van der Waals surface area contributed by atoms with Crippen LogP contribution in [-0.4, -0.2) is 22.6 Å². The van der Waals surface area contributed by atoms with Crippen LogP contribution in [0.25, 0.3) is 12.2 Å².